The largest absolute Gasteiger partial charge is 0.339 e. The number of rotatable bonds is 2. The van der Waals surface area contributed by atoms with Gasteiger partial charge in [0.05, 0.1) is 11.6 Å². The maximum Gasteiger partial charge on any atom is 0.253 e. The lowest BCUT2D eigenvalue weighted by Gasteiger charge is -2.04. The van der Waals surface area contributed by atoms with Crippen LogP contribution in [0.3, 0.4) is 0 Å². The van der Waals surface area contributed by atoms with Crippen molar-refractivity contribution in [2.24, 2.45) is 0 Å². The average molecular weight is 253 g/mol. The van der Waals surface area contributed by atoms with Gasteiger partial charge in [-0.05, 0) is 35.0 Å². The number of nitrogens with zero attached hydrogens (tertiary/aromatic N) is 1. The first-order valence-corrected chi connectivity index (χ1v) is 4.85. The molecule has 1 rings (SSSR count). The van der Waals surface area contributed by atoms with Gasteiger partial charge in [-0.2, -0.15) is 5.26 Å². The summed E-state index contributed by atoms with van der Waals surface area (Å²) >= 11 is 3.28. The predicted molar refractivity (Wildman–Crippen MR) is 56.8 cm³/mol. The van der Waals surface area contributed by atoms with Crippen molar-refractivity contribution < 1.29 is 4.79 Å². The lowest BCUT2D eigenvalue weighted by molar-refractivity contribution is 0.0957. The summed E-state index contributed by atoms with van der Waals surface area (Å²) in [6.07, 6.45) is 0. The molecule has 0 saturated carbocycles. The lowest BCUT2D eigenvalue weighted by atomic mass is 10.1. The number of halogens is 1. The van der Waals surface area contributed by atoms with Crippen LogP contribution in [-0.4, -0.2) is 12.5 Å². The van der Waals surface area contributed by atoms with Crippen LogP contribution in [0.1, 0.15) is 15.9 Å². The molecular formula is C10H9BrN2O. The molecule has 3 nitrogen and oxygen atoms in total. The monoisotopic (exact) mass is 252 g/mol. The fourth-order valence-corrected chi connectivity index (χ4v) is 1.45. The molecule has 0 aromatic heterocycles. The third kappa shape index (κ3) is 2.57. The van der Waals surface area contributed by atoms with Crippen molar-refractivity contribution >= 4 is 21.8 Å². The second-order valence-electron chi connectivity index (χ2n) is 2.82. The first-order chi connectivity index (χ1) is 6.65. The number of hydrogen-bond donors (Lipinski definition) is 1. The molecule has 0 heterocycles. The zero-order valence-corrected chi connectivity index (χ0v) is 9.26. The number of amides is 1. The van der Waals surface area contributed by atoms with Gasteiger partial charge in [-0.25, -0.2) is 0 Å². The van der Waals surface area contributed by atoms with Crippen LogP contribution in [0.25, 0.3) is 0 Å². The third-order valence-corrected chi connectivity index (χ3v) is 2.39. The number of aryl methyl sites for hydroxylation is 1. The van der Waals surface area contributed by atoms with E-state index in [2.05, 4.69) is 21.2 Å². The topological polar surface area (TPSA) is 52.9 Å². The highest BCUT2D eigenvalue weighted by Gasteiger charge is 2.08. The van der Waals surface area contributed by atoms with E-state index in [4.69, 9.17) is 5.26 Å². The number of benzene rings is 1. The van der Waals surface area contributed by atoms with Gasteiger partial charge in [0.1, 0.15) is 6.54 Å². The highest BCUT2D eigenvalue weighted by molar-refractivity contribution is 9.10. The quantitative estimate of drug-likeness (QED) is 0.819. The van der Waals surface area contributed by atoms with E-state index in [0.717, 1.165) is 10.0 Å². The molecule has 72 valence electrons. The lowest BCUT2D eigenvalue weighted by Crippen LogP contribution is -2.23. The minimum atomic E-state index is -0.234. The Morgan fingerprint density at radius 3 is 3.00 bits per heavy atom. The number of nitriles is 1. The van der Waals surface area contributed by atoms with Crippen LogP contribution >= 0.6 is 15.9 Å². The van der Waals surface area contributed by atoms with Crippen LogP contribution in [0, 0.1) is 18.3 Å². The molecule has 0 unspecified atom stereocenters. The second kappa shape index (κ2) is 4.77. The zero-order valence-electron chi connectivity index (χ0n) is 7.67. The maximum atomic E-state index is 11.5. The van der Waals surface area contributed by atoms with Gasteiger partial charge in [-0.3, -0.25) is 4.79 Å². The molecule has 0 bridgehead atoms. The minimum absolute atomic E-state index is 0.0270. The van der Waals surface area contributed by atoms with Gasteiger partial charge in [0.2, 0.25) is 0 Å². The molecule has 0 aliphatic heterocycles. The summed E-state index contributed by atoms with van der Waals surface area (Å²) in [5.74, 6) is -0.234. The van der Waals surface area contributed by atoms with E-state index in [0.29, 0.717) is 5.56 Å². The van der Waals surface area contributed by atoms with Gasteiger partial charge >= 0.3 is 0 Å². The first kappa shape index (κ1) is 10.7. The standard InChI is InChI=1S/C10H9BrN2O/c1-7-2-3-9(11)8(6-7)10(14)13-5-4-12/h2-3,6H,5H2,1H3,(H,13,14). The molecule has 1 amide bonds. The molecule has 4 heteroatoms. The van der Waals surface area contributed by atoms with Crippen LogP contribution in [0.4, 0.5) is 0 Å². The molecule has 1 aromatic carbocycles. The Bertz CT molecular complexity index is 396. The molecular weight excluding hydrogens is 244 g/mol. The van der Waals surface area contributed by atoms with Crippen LogP contribution in [0.5, 0.6) is 0 Å². The molecule has 0 radical (unpaired) electrons. The van der Waals surface area contributed by atoms with E-state index >= 15 is 0 Å². The first-order valence-electron chi connectivity index (χ1n) is 4.06. The average Bonchev–Trinajstić information content (AvgIpc) is 2.18. The molecule has 1 aromatic rings. The number of carbonyl (C=O) groups is 1. The van der Waals surface area contributed by atoms with Crippen molar-refractivity contribution in [3.63, 3.8) is 0 Å². The SMILES string of the molecule is Cc1ccc(Br)c(C(=O)NCC#N)c1. The Morgan fingerprint density at radius 1 is 1.64 bits per heavy atom. The van der Waals surface area contributed by atoms with E-state index in [9.17, 15) is 4.79 Å². The summed E-state index contributed by atoms with van der Waals surface area (Å²) in [5.41, 5.74) is 1.57. The summed E-state index contributed by atoms with van der Waals surface area (Å²) in [5, 5.41) is 10.8. The zero-order chi connectivity index (χ0) is 10.6. The fraction of sp³-hybridized carbons (Fsp3) is 0.200. The predicted octanol–water partition coefficient (Wildman–Crippen LogP) is 2.01. The number of hydrogen-bond acceptors (Lipinski definition) is 2. The van der Waals surface area contributed by atoms with Gasteiger partial charge < -0.3 is 5.32 Å². The molecule has 0 aliphatic carbocycles. The van der Waals surface area contributed by atoms with Crippen molar-refractivity contribution in [3.05, 3.63) is 33.8 Å². The Kier molecular flexibility index (Phi) is 3.66. The Labute approximate surface area is 90.9 Å². The van der Waals surface area contributed by atoms with Gasteiger partial charge in [0, 0.05) is 4.47 Å². The van der Waals surface area contributed by atoms with E-state index < -0.39 is 0 Å². The molecule has 14 heavy (non-hydrogen) atoms. The van der Waals surface area contributed by atoms with Gasteiger partial charge in [0.25, 0.3) is 5.91 Å². The highest BCUT2D eigenvalue weighted by Crippen LogP contribution is 2.17. The van der Waals surface area contributed by atoms with E-state index in [-0.39, 0.29) is 12.5 Å². The molecule has 0 spiro atoms. The van der Waals surface area contributed by atoms with E-state index in [1.807, 2.05) is 25.1 Å². The van der Waals surface area contributed by atoms with Crippen molar-refractivity contribution in [1.29, 1.82) is 5.26 Å². The van der Waals surface area contributed by atoms with Crippen molar-refractivity contribution in [2.45, 2.75) is 6.92 Å². The van der Waals surface area contributed by atoms with Crippen molar-refractivity contribution in [3.8, 4) is 6.07 Å². The number of carbonyl (C=O) groups excluding carboxylic acids is 1. The Balaban J connectivity index is 2.90. The van der Waals surface area contributed by atoms with Crippen molar-refractivity contribution in [2.75, 3.05) is 6.54 Å². The van der Waals surface area contributed by atoms with Gasteiger partial charge in [-0.1, -0.05) is 11.6 Å². The van der Waals surface area contributed by atoms with Crippen LogP contribution < -0.4 is 5.32 Å². The second-order valence-corrected chi connectivity index (χ2v) is 3.68. The summed E-state index contributed by atoms with van der Waals surface area (Å²) < 4.78 is 0.735. The highest BCUT2D eigenvalue weighted by atomic mass is 79.9. The Hall–Kier alpha value is -1.34. The normalized spacial score (nSPS) is 9.21. The minimum Gasteiger partial charge on any atom is -0.339 e. The Morgan fingerprint density at radius 2 is 2.36 bits per heavy atom. The van der Waals surface area contributed by atoms with Gasteiger partial charge in [0.15, 0.2) is 0 Å². The summed E-state index contributed by atoms with van der Waals surface area (Å²) in [6, 6.07) is 7.35. The molecule has 0 saturated heterocycles. The van der Waals surface area contributed by atoms with Gasteiger partial charge in [-0.15, -0.1) is 0 Å². The third-order valence-electron chi connectivity index (χ3n) is 1.69. The van der Waals surface area contributed by atoms with Crippen LogP contribution in [0.15, 0.2) is 22.7 Å². The van der Waals surface area contributed by atoms with E-state index in [1.165, 1.54) is 0 Å². The maximum absolute atomic E-state index is 11.5. The summed E-state index contributed by atoms with van der Waals surface area (Å²) in [6.45, 7) is 1.94. The number of nitrogens with one attached hydrogen (secondary N) is 1. The molecule has 1 N–H and O–H groups in total. The molecule has 0 fully saturated rings. The smallest absolute Gasteiger partial charge is 0.253 e. The summed E-state index contributed by atoms with van der Waals surface area (Å²) in [7, 11) is 0. The molecule has 0 aliphatic rings. The van der Waals surface area contributed by atoms with E-state index in [1.54, 1.807) is 6.07 Å². The molecule has 0 atom stereocenters. The summed E-state index contributed by atoms with van der Waals surface area (Å²) in [4.78, 5) is 11.5. The van der Waals surface area contributed by atoms with Crippen LogP contribution in [0.2, 0.25) is 0 Å². The van der Waals surface area contributed by atoms with Crippen LogP contribution in [-0.2, 0) is 0 Å². The fourth-order valence-electron chi connectivity index (χ4n) is 1.03. The van der Waals surface area contributed by atoms with Crippen molar-refractivity contribution in [1.82, 2.24) is 5.32 Å².